The van der Waals surface area contributed by atoms with Crippen LogP contribution in [0.15, 0.2) is 18.7 Å². The fourth-order valence-electron chi connectivity index (χ4n) is 2.28. The van der Waals surface area contributed by atoms with Gasteiger partial charge in [0, 0.05) is 32.5 Å². The SMILES string of the molecule is CCn1ccnc1CN(C)C(=O)N[C@H](C)c1ncnn1CC. The molecule has 0 radical (unpaired) electrons. The van der Waals surface area contributed by atoms with Gasteiger partial charge < -0.3 is 14.8 Å². The quantitative estimate of drug-likeness (QED) is 0.875. The van der Waals surface area contributed by atoms with Gasteiger partial charge in [0.1, 0.15) is 18.0 Å². The number of nitrogens with one attached hydrogen (secondary N) is 1. The fraction of sp³-hybridized carbons (Fsp3) is 0.571. The summed E-state index contributed by atoms with van der Waals surface area (Å²) in [5.74, 6) is 1.61. The topological polar surface area (TPSA) is 80.9 Å². The highest BCUT2D eigenvalue weighted by molar-refractivity contribution is 5.74. The minimum absolute atomic E-state index is 0.163. The van der Waals surface area contributed by atoms with Crippen LogP contribution in [-0.4, -0.2) is 42.3 Å². The number of amides is 2. The maximum absolute atomic E-state index is 12.3. The predicted octanol–water partition coefficient (Wildman–Crippen LogP) is 1.42. The summed E-state index contributed by atoms with van der Waals surface area (Å²) < 4.78 is 3.79. The van der Waals surface area contributed by atoms with Crippen molar-refractivity contribution in [2.75, 3.05) is 7.05 Å². The average molecular weight is 305 g/mol. The lowest BCUT2D eigenvalue weighted by Gasteiger charge is -2.21. The average Bonchev–Trinajstić information content (AvgIpc) is 3.15. The van der Waals surface area contributed by atoms with Gasteiger partial charge in [-0.15, -0.1) is 0 Å². The molecule has 0 unspecified atom stereocenters. The van der Waals surface area contributed by atoms with Gasteiger partial charge in [-0.1, -0.05) is 0 Å². The molecule has 0 fully saturated rings. The van der Waals surface area contributed by atoms with Crippen LogP contribution >= 0.6 is 0 Å². The van der Waals surface area contributed by atoms with Gasteiger partial charge in [0.25, 0.3) is 0 Å². The lowest BCUT2D eigenvalue weighted by molar-refractivity contribution is 0.201. The summed E-state index contributed by atoms with van der Waals surface area (Å²) in [7, 11) is 1.75. The van der Waals surface area contributed by atoms with E-state index in [4.69, 9.17) is 0 Å². The molecule has 0 aliphatic rings. The first-order chi connectivity index (χ1) is 10.6. The Labute approximate surface area is 130 Å². The maximum Gasteiger partial charge on any atom is 0.318 e. The van der Waals surface area contributed by atoms with Crippen molar-refractivity contribution in [3.8, 4) is 0 Å². The van der Waals surface area contributed by atoms with Crippen molar-refractivity contribution >= 4 is 6.03 Å². The van der Waals surface area contributed by atoms with Crippen molar-refractivity contribution in [1.82, 2.24) is 34.5 Å². The largest absolute Gasteiger partial charge is 0.334 e. The first-order valence-electron chi connectivity index (χ1n) is 7.46. The molecule has 0 saturated heterocycles. The van der Waals surface area contributed by atoms with Crippen LogP contribution in [0.2, 0.25) is 0 Å². The second kappa shape index (κ2) is 7.06. The molecule has 0 bridgehead atoms. The molecular weight excluding hydrogens is 282 g/mol. The Hall–Kier alpha value is -2.38. The third-order valence-corrected chi connectivity index (χ3v) is 3.54. The zero-order valence-electron chi connectivity index (χ0n) is 13.5. The van der Waals surface area contributed by atoms with Crippen LogP contribution in [0.25, 0.3) is 0 Å². The second-order valence-corrected chi connectivity index (χ2v) is 5.09. The number of aromatic nitrogens is 5. The van der Waals surface area contributed by atoms with Gasteiger partial charge in [-0.2, -0.15) is 5.10 Å². The molecule has 0 aliphatic heterocycles. The fourth-order valence-corrected chi connectivity index (χ4v) is 2.28. The maximum atomic E-state index is 12.3. The molecule has 2 heterocycles. The Bertz CT molecular complexity index is 618. The molecule has 2 rings (SSSR count). The number of rotatable bonds is 6. The Morgan fingerprint density at radius 1 is 1.36 bits per heavy atom. The normalized spacial score (nSPS) is 12.2. The van der Waals surface area contributed by atoms with Crippen molar-refractivity contribution in [1.29, 1.82) is 0 Å². The molecule has 0 spiro atoms. The van der Waals surface area contributed by atoms with E-state index in [0.717, 1.165) is 24.7 Å². The zero-order chi connectivity index (χ0) is 16.1. The molecule has 0 aliphatic carbocycles. The minimum atomic E-state index is -0.205. The number of carbonyl (C=O) groups is 1. The summed E-state index contributed by atoms with van der Waals surface area (Å²) in [4.78, 5) is 22.4. The number of urea groups is 1. The van der Waals surface area contributed by atoms with Crippen LogP contribution in [-0.2, 0) is 19.6 Å². The summed E-state index contributed by atoms with van der Waals surface area (Å²) in [6, 6.07) is -0.368. The third kappa shape index (κ3) is 3.44. The molecule has 8 nitrogen and oxygen atoms in total. The van der Waals surface area contributed by atoms with E-state index >= 15 is 0 Å². The number of imidazole rings is 1. The molecule has 22 heavy (non-hydrogen) atoms. The summed E-state index contributed by atoms with van der Waals surface area (Å²) >= 11 is 0. The zero-order valence-corrected chi connectivity index (χ0v) is 13.5. The summed E-state index contributed by atoms with van der Waals surface area (Å²) in [5, 5.41) is 7.05. The molecule has 120 valence electrons. The highest BCUT2D eigenvalue weighted by Gasteiger charge is 2.18. The van der Waals surface area contributed by atoms with E-state index in [1.807, 2.05) is 31.5 Å². The monoisotopic (exact) mass is 305 g/mol. The summed E-state index contributed by atoms with van der Waals surface area (Å²) in [5.41, 5.74) is 0. The number of nitrogens with zero attached hydrogens (tertiary/aromatic N) is 6. The lowest BCUT2D eigenvalue weighted by atomic mass is 10.3. The van der Waals surface area contributed by atoms with E-state index in [2.05, 4.69) is 20.4 Å². The molecule has 1 atom stereocenters. The van der Waals surface area contributed by atoms with Crippen molar-refractivity contribution < 1.29 is 4.79 Å². The van der Waals surface area contributed by atoms with Gasteiger partial charge in [0.05, 0.1) is 12.6 Å². The van der Waals surface area contributed by atoms with Crippen LogP contribution in [0.1, 0.15) is 38.5 Å². The van der Waals surface area contributed by atoms with Gasteiger partial charge in [0.15, 0.2) is 0 Å². The molecule has 2 aromatic heterocycles. The van der Waals surface area contributed by atoms with Gasteiger partial charge in [0.2, 0.25) is 0 Å². The van der Waals surface area contributed by atoms with E-state index in [9.17, 15) is 4.79 Å². The standard InChI is InChI=1S/C14H23N7O/c1-5-20-8-7-15-12(20)9-19(4)14(22)18-11(3)13-16-10-17-21(13)6-2/h7-8,10-11H,5-6,9H2,1-4H3,(H,18,22)/t11-/m1/s1. The highest BCUT2D eigenvalue weighted by atomic mass is 16.2. The minimum Gasteiger partial charge on any atom is -0.334 e. The van der Waals surface area contributed by atoms with Gasteiger partial charge in [-0.05, 0) is 20.8 Å². The van der Waals surface area contributed by atoms with Crippen molar-refractivity contribution in [2.24, 2.45) is 0 Å². The van der Waals surface area contributed by atoms with Gasteiger partial charge in [-0.25, -0.2) is 19.4 Å². The summed E-state index contributed by atoms with van der Waals surface area (Å²) in [6.07, 6.45) is 5.16. The Morgan fingerprint density at radius 2 is 2.14 bits per heavy atom. The number of carbonyl (C=O) groups excluding carboxylic acids is 1. The van der Waals surface area contributed by atoms with E-state index in [0.29, 0.717) is 6.54 Å². The molecule has 2 aromatic rings. The Balaban J connectivity index is 1.96. The molecule has 0 aromatic carbocycles. The highest BCUT2D eigenvalue weighted by Crippen LogP contribution is 2.09. The first kappa shape index (κ1) is 16.0. The van der Waals surface area contributed by atoms with Crippen LogP contribution in [0.3, 0.4) is 0 Å². The number of hydrogen-bond acceptors (Lipinski definition) is 4. The molecular formula is C14H23N7O. The van der Waals surface area contributed by atoms with Gasteiger partial charge in [-0.3, -0.25) is 0 Å². The van der Waals surface area contributed by atoms with E-state index in [1.165, 1.54) is 6.33 Å². The van der Waals surface area contributed by atoms with Crippen molar-refractivity contribution in [3.63, 3.8) is 0 Å². The predicted molar refractivity (Wildman–Crippen MR) is 82.0 cm³/mol. The first-order valence-corrected chi connectivity index (χ1v) is 7.46. The van der Waals surface area contributed by atoms with Crippen LogP contribution in [0.5, 0.6) is 0 Å². The van der Waals surface area contributed by atoms with Crippen LogP contribution < -0.4 is 5.32 Å². The smallest absolute Gasteiger partial charge is 0.318 e. The van der Waals surface area contributed by atoms with E-state index < -0.39 is 0 Å². The molecule has 1 N–H and O–H groups in total. The van der Waals surface area contributed by atoms with Crippen LogP contribution in [0, 0.1) is 0 Å². The van der Waals surface area contributed by atoms with Gasteiger partial charge >= 0.3 is 6.03 Å². The van der Waals surface area contributed by atoms with Crippen molar-refractivity contribution in [3.05, 3.63) is 30.4 Å². The third-order valence-electron chi connectivity index (χ3n) is 3.54. The Morgan fingerprint density at radius 3 is 2.82 bits per heavy atom. The Kier molecular flexibility index (Phi) is 5.13. The van der Waals surface area contributed by atoms with E-state index in [1.54, 1.807) is 22.8 Å². The van der Waals surface area contributed by atoms with Crippen LogP contribution in [0.4, 0.5) is 4.79 Å². The molecule has 2 amide bonds. The molecule has 0 saturated carbocycles. The number of aryl methyl sites for hydroxylation is 2. The van der Waals surface area contributed by atoms with Crippen molar-refractivity contribution in [2.45, 2.75) is 46.4 Å². The second-order valence-electron chi connectivity index (χ2n) is 5.09. The van der Waals surface area contributed by atoms with E-state index in [-0.39, 0.29) is 12.1 Å². The summed E-state index contributed by atoms with van der Waals surface area (Å²) in [6.45, 7) is 7.95. The lowest BCUT2D eigenvalue weighted by Crippen LogP contribution is -2.39. The molecule has 8 heteroatoms. The number of hydrogen-bond donors (Lipinski definition) is 1.